The third-order valence-electron chi connectivity index (χ3n) is 3.18. The number of likely N-dealkylation sites (N-methyl/N-ethyl adjacent to an activating group) is 1. The van der Waals surface area contributed by atoms with Gasteiger partial charge in [0.1, 0.15) is 10.8 Å². The minimum atomic E-state index is 0.0353. The van der Waals surface area contributed by atoms with Crippen LogP contribution in [0.1, 0.15) is 19.5 Å². The van der Waals surface area contributed by atoms with Crippen molar-refractivity contribution in [3.8, 4) is 16.3 Å². The third kappa shape index (κ3) is 5.33. The second-order valence-corrected chi connectivity index (χ2v) is 6.63. The molecule has 1 heterocycles. The summed E-state index contributed by atoms with van der Waals surface area (Å²) < 4.78 is 5.17. The first-order chi connectivity index (χ1) is 11.0. The predicted octanol–water partition coefficient (Wildman–Crippen LogP) is 2.78. The Morgan fingerprint density at radius 3 is 2.65 bits per heavy atom. The molecule has 1 N–H and O–H groups in total. The van der Waals surface area contributed by atoms with E-state index in [2.05, 4.69) is 10.3 Å². The zero-order valence-electron chi connectivity index (χ0n) is 14.0. The molecular formula is C17H23N3O2S. The van der Waals surface area contributed by atoms with E-state index in [0.29, 0.717) is 13.1 Å². The number of carbonyl (C=O) groups excluding carboxylic acids is 1. The van der Waals surface area contributed by atoms with Crippen LogP contribution in [-0.4, -0.2) is 42.5 Å². The van der Waals surface area contributed by atoms with Gasteiger partial charge in [-0.1, -0.05) is 0 Å². The fourth-order valence-electron chi connectivity index (χ4n) is 2.19. The molecule has 0 saturated carbocycles. The molecule has 0 atom stereocenters. The summed E-state index contributed by atoms with van der Waals surface area (Å²) in [5, 5.41) is 5.90. The predicted molar refractivity (Wildman–Crippen MR) is 93.7 cm³/mol. The van der Waals surface area contributed by atoms with Crippen LogP contribution < -0.4 is 10.1 Å². The van der Waals surface area contributed by atoms with E-state index in [-0.39, 0.29) is 11.9 Å². The van der Waals surface area contributed by atoms with Crippen LogP contribution in [0.2, 0.25) is 0 Å². The molecule has 0 aliphatic heterocycles. The van der Waals surface area contributed by atoms with E-state index in [0.717, 1.165) is 22.0 Å². The maximum absolute atomic E-state index is 11.8. The smallest absolute Gasteiger partial charge is 0.234 e. The summed E-state index contributed by atoms with van der Waals surface area (Å²) in [5.74, 6) is 0.870. The van der Waals surface area contributed by atoms with Gasteiger partial charge in [-0.2, -0.15) is 0 Å². The fourth-order valence-corrected chi connectivity index (χ4v) is 3.01. The number of nitrogens with one attached hydrogen (secondary N) is 1. The van der Waals surface area contributed by atoms with E-state index in [1.165, 1.54) is 0 Å². The van der Waals surface area contributed by atoms with Crippen molar-refractivity contribution in [2.45, 2.75) is 26.4 Å². The number of benzene rings is 1. The molecule has 0 saturated heterocycles. The number of thiazole rings is 1. The normalized spacial score (nSPS) is 11.0. The maximum Gasteiger partial charge on any atom is 0.234 e. The number of hydrogen-bond acceptors (Lipinski definition) is 5. The zero-order chi connectivity index (χ0) is 16.8. The summed E-state index contributed by atoms with van der Waals surface area (Å²) in [7, 11) is 3.58. The highest BCUT2D eigenvalue weighted by Gasteiger charge is 2.11. The lowest BCUT2D eigenvalue weighted by atomic mass is 10.2. The first-order valence-electron chi connectivity index (χ1n) is 7.54. The Balaban J connectivity index is 1.94. The molecule has 0 unspecified atom stereocenters. The van der Waals surface area contributed by atoms with Crippen molar-refractivity contribution in [1.82, 2.24) is 15.2 Å². The Morgan fingerprint density at radius 2 is 2.04 bits per heavy atom. The van der Waals surface area contributed by atoms with Crippen LogP contribution in [0.3, 0.4) is 0 Å². The maximum atomic E-state index is 11.8. The van der Waals surface area contributed by atoms with Crippen LogP contribution in [0, 0.1) is 0 Å². The first-order valence-corrected chi connectivity index (χ1v) is 8.42. The minimum Gasteiger partial charge on any atom is -0.497 e. The molecule has 2 rings (SSSR count). The van der Waals surface area contributed by atoms with Gasteiger partial charge >= 0.3 is 0 Å². The Kier molecular flexibility index (Phi) is 6.12. The van der Waals surface area contributed by atoms with Gasteiger partial charge in [0.15, 0.2) is 0 Å². The van der Waals surface area contributed by atoms with E-state index in [1.54, 1.807) is 18.4 Å². The van der Waals surface area contributed by atoms with E-state index in [4.69, 9.17) is 4.74 Å². The van der Waals surface area contributed by atoms with Crippen LogP contribution >= 0.6 is 11.3 Å². The zero-order valence-corrected chi connectivity index (χ0v) is 14.8. The van der Waals surface area contributed by atoms with Gasteiger partial charge in [-0.05, 0) is 45.2 Å². The van der Waals surface area contributed by atoms with E-state index in [9.17, 15) is 4.79 Å². The largest absolute Gasteiger partial charge is 0.497 e. The van der Waals surface area contributed by atoms with Crippen molar-refractivity contribution < 1.29 is 9.53 Å². The summed E-state index contributed by atoms with van der Waals surface area (Å²) in [5.41, 5.74) is 2.04. The minimum absolute atomic E-state index is 0.0353. The number of hydrogen-bond donors (Lipinski definition) is 1. The highest BCUT2D eigenvalue weighted by molar-refractivity contribution is 7.13. The second kappa shape index (κ2) is 8.08. The van der Waals surface area contributed by atoms with Crippen LogP contribution in [-0.2, 0) is 11.3 Å². The molecule has 124 valence electrons. The van der Waals surface area contributed by atoms with Crippen molar-refractivity contribution in [3.05, 3.63) is 35.3 Å². The van der Waals surface area contributed by atoms with E-state index < -0.39 is 0 Å². The lowest BCUT2D eigenvalue weighted by Gasteiger charge is -2.16. The van der Waals surface area contributed by atoms with Crippen LogP contribution in [0.25, 0.3) is 10.6 Å². The Labute approximate surface area is 141 Å². The fraction of sp³-hybridized carbons (Fsp3) is 0.412. The topological polar surface area (TPSA) is 54.5 Å². The number of aromatic nitrogens is 1. The number of nitrogens with zero attached hydrogens (tertiary/aromatic N) is 2. The van der Waals surface area contributed by atoms with Gasteiger partial charge in [0, 0.05) is 23.5 Å². The van der Waals surface area contributed by atoms with Crippen molar-refractivity contribution in [2.75, 3.05) is 20.7 Å². The second-order valence-electron chi connectivity index (χ2n) is 5.77. The molecule has 1 aromatic heterocycles. The Bertz CT molecular complexity index is 638. The van der Waals surface area contributed by atoms with Gasteiger partial charge in [0.05, 0.1) is 19.3 Å². The lowest BCUT2D eigenvalue weighted by Crippen LogP contribution is -2.38. The lowest BCUT2D eigenvalue weighted by molar-refractivity contribution is -0.122. The average molecular weight is 333 g/mol. The third-order valence-corrected chi connectivity index (χ3v) is 4.12. The van der Waals surface area contributed by atoms with Gasteiger partial charge in [0.25, 0.3) is 0 Å². The molecule has 2 aromatic rings. The quantitative estimate of drug-likeness (QED) is 0.846. The van der Waals surface area contributed by atoms with Crippen molar-refractivity contribution in [1.29, 1.82) is 0 Å². The summed E-state index contributed by atoms with van der Waals surface area (Å²) >= 11 is 1.61. The van der Waals surface area contributed by atoms with Crippen molar-refractivity contribution >= 4 is 17.2 Å². The SMILES string of the molecule is COc1ccc(-c2nc(CN(C)CC(=O)NC(C)C)cs2)cc1. The number of amides is 1. The molecule has 0 bridgehead atoms. The molecule has 0 spiro atoms. The molecule has 1 amide bonds. The summed E-state index contributed by atoms with van der Waals surface area (Å²) in [6.45, 7) is 4.94. The molecule has 0 aliphatic rings. The molecule has 6 heteroatoms. The molecule has 0 fully saturated rings. The van der Waals surface area contributed by atoms with Gasteiger partial charge in [-0.25, -0.2) is 4.98 Å². The summed E-state index contributed by atoms with van der Waals surface area (Å²) in [6, 6.07) is 8.02. The van der Waals surface area contributed by atoms with Gasteiger partial charge in [0.2, 0.25) is 5.91 Å². The molecular weight excluding hydrogens is 310 g/mol. The van der Waals surface area contributed by atoms with Crippen molar-refractivity contribution in [2.24, 2.45) is 0 Å². The number of ether oxygens (including phenoxy) is 1. The molecule has 0 radical (unpaired) electrons. The highest BCUT2D eigenvalue weighted by Crippen LogP contribution is 2.26. The van der Waals surface area contributed by atoms with Gasteiger partial charge in [-0.3, -0.25) is 9.69 Å². The van der Waals surface area contributed by atoms with Gasteiger partial charge in [-0.15, -0.1) is 11.3 Å². The Morgan fingerprint density at radius 1 is 1.35 bits per heavy atom. The van der Waals surface area contributed by atoms with Gasteiger partial charge < -0.3 is 10.1 Å². The number of methoxy groups -OCH3 is 1. The molecule has 5 nitrogen and oxygen atoms in total. The van der Waals surface area contributed by atoms with Crippen LogP contribution in [0.4, 0.5) is 0 Å². The summed E-state index contributed by atoms with van der Waals surface area (Å²) in [6.07, 6.45) is 0. The molecule has 0 aliphatic carbocycles. The average Bonchev–Trinajstić information content (AvgIpc) is 2.94. The highest BCUT2D eigenvalue weighted by atomic mass is 32.1. The van der Waals surface area contributed by atoms with E-state index >= 15 is 0 Å². The molecule has 23 heavy (non-hydrogen) atoms. The first kappa shape index (κ1) is 17.4. The number of rotatable bonds is 7. The number of carbonyl (C=O) groups is 1. The van der Waals surface area contributed by atoms with Crippen LogP contribution in [0.15, 0.2) is 29.6 Å². The van der Waals surface area contributed by atoms with Crippen LogP contribution in [0.5, 0.6) is 5.75 Å². The van der Waals surface area contributed by atoms with E-state index in [1.807, 2.05) is 55.4 Å². The monoisotopic (exact) mass is 333 g/mol. The standard InChI is InChI=1S/C17H23N3O2S/c1-12(2)18-16(21)10-20(3)9-14-11-23-17(19-14)13-5-7-15(22-4)8-6-13/h5-8,11-12H,9-10H2,1-4H3,(H,18,21). The Hall–Kier alpha value is -1.92. The summed E-state index contributed by atoms with van der Waals surface area (Å²) in [4.78, 5) is 18.4. The van der Waals surface area contributed by atoms with Crippen molar-refractivity contribution in [3.63, 3.8) is 0 Å². The molecule has 1 aromatic carbocycles.